The molecule has 0 aromatic heterocycles. The van der Waals surface area contributed by atoms with Crippen LogP contribution in [0.3, 0.4) is 0 Å². The first-order valence-electron chi connectivity index (χ1n) is 11.9. The Labute approximate surface area is 195 Å². The number of ether oxygens (including phenoxy) is 2. The lowest BCUT2D eigenvalue weighted by Crippen LogP contribution is -2.20. The lowest BCUT2D eigenvalue weighted by atomic mass is 9.79. The fourth-order valence-electron chi connectivity index (χ4n) is 5.24. The van der Waals surface area contributed by atoms with Crippen LogP contribution in [0, 0.1) is 17.7 Å². The number of hydrogen-bond donors (Lipinski definition) is 2. The van der Waals surface area contributed by atoms with Crippen molar-refractivity contribution in [2.45, 2.75) is 62.9 Å². The van der Waals surface area contributed by atoms with Crippen molar-refractivity contribution in [3.63, 3.8) is 0 Å². The normalized spacial score (nSPS) is 23.1. The summed E-state index contributed by atoms with van der Waals surface area (Å²) < 4.78 is 37.6. The molecule has 0 spiro atoms. The molecular weight excluding hydrogens is 442 g/mol. The number of halogens is 1. The van der Waals surface area contributed by atoms with E-state index in [2.05, 4.69) is 0 Å². The molecule has 0 unspecified atom stereocenters. The lowest BCUT2D eigenvalue weighted by molar-refractivity contribution is 0.199. The number of rotatable bonds is 9. The number of hydrogen-bond acceptors (Lipinski definition) is 3. The highest BCUT2D eigenvalue weighted by molar-refractivity contribution is 7.52. The highest BCUT2D eigenvalue weighted by Gasteiger charge is 2.42. The minimum Gasteiger partial charge on any atom is -0.497 e. The summed E-state index contributed by atoms with van der Waals surface area (Å²) in [4.78, 5) is 19.5. The third kappa shape index (κ3) is 5.98. The molecule has 0 saturated heterocycles. The number of benzene rings is 2. The Morgan fingerprint density at radius 3 is 2.39 bits per heavy atom. The zero-order valence-electron chi connectivity index (χ0n) is 19.3. The van der Waals surface area contributed by atoms with Crippen LogP contribution in [0.2, 0.25) is 0 Å². The van der Waals surface area contributed by atoms with Gasteiger partial charge in [-0.1, -0.05) is 19.1 Å². The third-order valence-electron chi connectivity index (χ3n) is 7.40. The number of methoxy groups -OCH3 is 1. The summed E-state index contributed by atoms with van der Waals surface area (Å²) in [5.41, 5.74) is 0.988. The van der Waals surface area contributed by atoms with Crippen LogP contribution in [0.15, 0.2) is 42.5 Å². The maximum atomic E-state index is 14.3. The highest BCUT2D eigenvalue weighted by Crippen LogP contribution is 2.55. The largest absolute Gasteiger partial charge is 0.497 e. The Kier molecular flexibility index (Phi) is 7.47. The molecule has 2 fully saturated rings. The predicted octanol–water partition coefficient (Wildman–Crippen LogP) is 6.25. The molecule has 4 rings (SSSR count). The van der Waals surface area contributed by atoms with Crippen molar-refractivity contribution in [3.8, 4) is 11.5 Å². The van der Waals surface area contributed by atoms with Gasteiger partial charge in [0.05, 0.1) is 19.4 Å². The molecule has 180 valence electrons. The molecule has 0 heterocycles. The summed E-state index contributed by atoms with van der Waals surface area (Å²) >= 11 is 0. The minimum absolute atomic E-state index is 0.150. The van der Waals surface area contributed by atoms with Crippen LogP contribution >= 0.6 is 7.60 Å². The fraction of sp³-hybridized carbons (Fsp3) is 0.538. The van der Waals surface area contributed by atoms with Gasteiger partial charge < -0.3 is 19.3 Å². The molecule has 0 amide bonds. The highest BCUT2D eigenvalue weighted by atomic mass is 31.2. The van der Waals surface area contributed by atoms with E-state index in [9.17, 15) is 18.7 Å². The molecule has 2 aliphatic rings. The van der Waals surface area contributed by atoms with E-state index in [1.807, 2.05) is 30.3 Å². The van der Waals surface area contributed by atoms with E-state index in [1.54, 1.807) is 20.1 Å². The first-order valence-corrected chi connectivity index (χ1v) is 13.6. The second-order valence-electron chi connectivity index (χ2n) is 9.68. The van der Waals surface area contributed by atoms with Crippen LogP contribution in [0.25, 0.3) is 0 Å². The Balaban J connectivity index is 1.35. The quantitative estimate of drug-likeness (QED) is 0.419. The van der Waals surface area contributed by atoms with Crippen LogP contribution in [0.4, 0.5) is 4.39 Å². The van der Waals surface area contributed by atoms with Crippen molar-refractivity contribution in [2.75, 3.05) is 13.7 Å². The summed E-state index contributed by atoms with van der Waals surface area (Å²) in [6, 6.07) is 12.7. The molecule has 2 saturated carbocycles. The molecule has 2 aromatic carbocycles. The Bertz CT molecular complexity index is 994. The standard InChI is InChI=1S/C26H34FO5P/c1-17(33(28,29)30)26(20-10-11-20)21-4-3-5-23(14-21)32-16-18-6-8-19(9-7-18)24-15-22(31-2)12-13-25(24)27/h3-5,12-15,17-20,26H,6-11,16H2,1-2H3,(H2,28,29,30)/t17-,18?,19?,26-/m0/s1. The molecule has 2 aliphatic carbocycles. The van der Waals surface area contributed by atoms with E-state index in [-0.39, 0.29) is 17.7 Å². The van der Waals surface area contributed by atoms with Gasteiger partial charge in [0.15, 0.2) is 0 Å². The maximum Gasteiger partial charge on any atom is 0.328 e. The van der Waals surface area contributed by atoms with Gasteiger partial charge in [-0.15, -0.1) is 0 Å². The molecule has 2 N–H and O–H groups in total. The van der Waals surface area contributed by atoms with Gasteiger partial charge in [-0.05, 0) is 97.7 Å². The Morgan fingerprint density at radius 1 is 1.03 bits per heavy atom. The van der Waals surface area contributed by atoms with E-state index < -0.39 is 13.3 Å². The van der Waals surface area contributed by atoms with Crippen LogP contribution in [0.5, 0.6) is 11.5 Å². The smallest absolute Gasteiger partial charge is 0.328 e. The maximum absolute atomic E-state index is 14.3. The summed E-state index contributed by atoms with van der Waals surface area (Å²) in [6.07, 6.45) is 5.81. The first-order chi connectivity index (χ1) is 15.8. The van der Waals surface area contributed by atoms with Crippen LogP contribution < -0.4 is 9.47 Å². The topological polar surface area (TPSA) is 76.0 Å². The second kappa shape index (κ2) is 10.2. The van der Waals surface area contributed by atoms with Crippen LogP contribution in [-0.4, -0.2) is 29.2 Å². The lowest BCUT2D eigenvalue weighted by Gasteiger charge is -2.29. The van der Waals surface area contributed by atoms with E-state index in [0.29, 0.717) is 24.2 Å². The van der Waals surface area contributed by atoms with Gasteiger partial charge in [0.1, 0.15) is 17.3 Å². The van der Waals surface area contributed by atoms with Gasteiger partial charge in [-0.3, -0.25) is 4.57 Å². The van der Waals surface area contributed by atoms with Crippen molar-refractivity contribution >= 4 is 7.60 Å². The summed E-state index contributed by atoms with van der Waals surface area (Å²) in [7, 11) is -2.56. The molecular formula is C26H34FO5P. The first kappa shape index (κ1) is 24.3. The molecule has 2 aromatic rings. The minimum atomic E-state index is -4.16. The molecule has 5 nitrogen and oxygen atoms in total. The van der Waals surface area contributed by atoms with Gasteiger partial charge in [0, 0.05) is 5.92 Å². The molecule has 7 heteroatoms. The van der Waals surface area contributed by atoms with E-state index in [1.165, 1.54) is 6.07 Å². The fourth-order valence-corrected chi connectivity index (χ4v) is 6.07. The van der Waals surface area contributed by atoms with Gasteiger partial charge >= 0.3 is 7.60 Å². The molecule has 0 aliphatic heterocycles. The van der Waals surface area contributed by atoms with E-state index >= 15 is 0 Å². The van der Waals surface area contributed by atoms with Gasteiger partial charge in [0.2, 0.25) is 0 Å². The molecule has 0 bridgehead atoms. The zero-order chi connectivity index (χ0) is 23.6. The predicted molar refractivity (Wildman–Crippen MR) is 127 cm³/mol. The van der Waals surface area contributed by atoms with Crippen LogP contribution in [-0.2, 0) is 4.57 Å². The molecule has 33 heavy (non-hydrogen) atoms. The van der Waals surface area contributed by atoms with Gasteiger partial charge in [0.25, 0.3) is 0 Å². The van der Waals surface area contributed by atoms with E-state index in [4.69, 9.17) is 9.47 Å². The summed E-state index contributed by atoms with van der Waals surface area (Å²) in [6.45, 7) is 2.25. The van der Waals surface area contributed by atoms with Crippen molar-refractivity contribution in [3.05, 3.63) is 59.4 Å². The SMILES string of the molecule is COc1ccc(F)c(C2CCC(COc3cccc([C@H](C4CC4)[C@H](C)P(=O)(O)O)c3)CC2)c1. The molecule has 0 radical (unpaired) electrons. The zero-order valence-corrected chi connectivity index (χ0v) is 20.2. The summed E-state index contributed by atoms with van der Waals surface area (Å²) in [5, 5.41) is 0. The van der Waals surface area contributed by atoms with Crippen molar-refractivity contribution < 1.29 is 28.2 Å². The van der Waals surface area contributed by atoms with Crippen molar-refractivity contribution in [1.82, 2.24) is 0 Å². The molecule has 2 atom stereocenters. The third-order valence-corrected chi connectivity index (χ3v) is 8.78. The summed E-state index contributed by atoms with van der Waals surface area (Å²) in [5.74, 6) is 2.06. The Morgan fingerprint density at radius 2 is 1.76 bits per heavy atom. The monoisotopic (exact) mass is 476 g/mol. The average Bonchev–Trinajstić information content (AvgIpc) is 3.63. The van der Waals surface area contributed by atoms with Crippen molar-refractivity contribution in [1.29, 1.82) is 0 Å². The van der Waals surface area contributed by atoms with Crippen molar-refractivity contribution in [2.24, 2.45) is 11.8 Å². The van der Waals surface area contributed by atoms with Gasteiger partial charge in [-0.2, -0.15) is 0 Å². The average molecular weight is 477 g/mol. The van der Waals surface area contributed by atoms with Crippen LogP contribution in [0.1, 0.15) is 68.4 Å². The Hall–Kier alpha value is -1.88. The van der Waals surface area contributed by atoms with E-state index in [0.717, 1.165) is 55.4 Å². The van der Waals surface area contributed by atoms with Gasteiger partial charge in [-0.25, -0.2) is 4.39 Å². The second-order valence-corrected chi connectivity index (χ2v) is 11.7.